The third-order valence-corrected chi connectivity index (χ3v) is 3.72. The quantitative estimate of drug-likeness (QED) is 0.602. The first-order valence-electron chi connectivity index (χ1n) is 7.25. The number of esters is 2. The van der Waals surface area contributed by atoms with Gasteiger partial charge in [-0.15, -0.1) is 0 Å². The van der Waals surface area contributed by atoms with Crippen molar-refractivity contribution >= 4 is 11.9 Å². The van der Waals surface area contributed by atoms with Crippen molar-refractivity contribution in [2.45, 2.75) is 33.1 Å². The zero-order valence-electron chi connectivity index (χ0n) is 12.7. The molecule has 6 nitrogen and oxygen atoms in total. The molecule has 0 saturated carbocycles. The molecule has 0 atom stereocenters. The normalized spacial score (nSPS) is 14.8. The molecule has 6 heteroatoms. The van der Waals surface area contributed by atoms with Crippen LogP contribution in [0.1, 0.15) is 30.7 Å². The lowest BCUT2D eigenvalue weighted by Crippen LogP contribution is -2.43. The molecule has 1 aliphatic rings. The van der Waals surface area contributed by atoms with Gasteiger partial charge in [0, 0.05) is 12.6 Å². The molecular formula is C16H18N2O4. The number of nitriles is 1. The van der Waals surface area contributed by atoms with Crippen molar-refractivity contribution in [2.75, 3.05) is 13.2 Å². The second-order valence-electron chi connectivity index (χ2n) is 5.16. The van der Waals surface area contributed by atoms with Crippen molar-refractivity contribution in [2.24, 2.45) is 5.41 Å². The van der Waals surface area contributed by atoms with Gasteiger partial charge >= 0.3 is 11.9 Å². The predicted octanol–water partition coefficient (Wildman–Crippen LogP) is 1.36. The van der Waals surface area contributed by atoms with Crippen LogP contribution in [0.3, 0.4) is 0 Å². The monoisotopic (exact) mass is 302 g/mol. The van der Waals surface area contributed by atoms with E-state index in [4.69, 9.17) is 14.7 Å². The van der Waals surface area contributed by atoms with Crippen LogP contribution >= 0.6 is 0 Å². The van der Waals surface area contributed by atoms with Crippen molar-refractivity contribution < 1.29 is 19.1 Å². The second-order valence-corrected chi connectivity index (χ2v) is 5.16. The van der Waals surface area contributed by atoms with E-state index >= 15 is 0 Å². The first-order chi connectivity index (χ1) is 10.6. The minimum atomic E-state index is -1.33. The summed E-state index contributed by atoms with van der Waals surface area (Å²) in [5, 5.41) is 8.75. The van der Waals surface area contributed by atoms with Crippen LogP contribution in [0.15, 0.2) is 12.3 Å². The van der Waals surface area contributed by atoms with E-state index in [0.717, 1.165) is 11.1 Å². The lowest BCUT2D eigenvalue weighted by molar-refractivity contribution is -0.171. The highest BCUT2D eigenvalue weighted by atomic mass is 16.6. The lowest BCUT2D eigenvalue weighted by atomic mass is 9.84. The molecule has 0 amide bonds. The molecule has 0 radical (unpaired) electrons. The number of aromatic nitrogens is 1. The fourth-order valence-electron chi connectivity index (χ4n) is 2.70. The summed E-state index contributed by atoms with van der Waals surface area (Å²) in [4.78, 5) is 28.9. The van der Waals surface area contributed by atoms with Crippen molar-refractivity contribution in [1.29, 1.82) is 5.26 Å². The third-order valence-electron chi connectivity index (χ3n) is 3.72. The van der Waals surface area contributed by atoms with Crippen molar-refractivity contribution in [1.82, 2.24) is 4.98 Å². The molecule has 1 aromatic rings. The molecule has 1 aliphatic carbocycles. The Morgan fingerprint density at radius 1 is 1.23 bits per heavy atom. The number of fused-ring (bicyclic) bond motifs is 1. The van der Waals surface area contributed by atoms with Crippen LogP contribution in [0.2, 0.25) is 0 Å². The molecule has 0 aliphatic heterocycles. The van der Waals surface area contributed by atoms with E-state index in [-0.39, 0.29) is 32.5 Å². The zero-order valence-corrected chi connectivity index (χ0v) is 12.7. The van der Waals surface area contributed by atoms with E-state index in [0.29, 0.717) is 5.69 Å². The first kappa shape index (κ1) is 16.0. The first-order valence-corrected chi connectivity index (χ1v) is 7.25. The molecule has 0 N–H and O–H groups in total. The number of rotatable bonds is 5. The number of nitrogens with zero attached hydrogens (tertiary/aromatic N) is 2. The number of hydrogen-bond acceptors (Lipinski definition) is 6. The smallest absolute Gasteiger partial charge is 0.324 e. The minimum Gasteiger partial charge on any atom is -0.465 e. The molecule has 0 unspecified atom stereocenters. The van der Waals surface area contributed by atoms with Gasteiger partial charge in [-0.3, -0.25) is 14.6 Å². The van der Waals surface area contributed by atoms with Crippen LogP contribution in [-0.2, 0) is 38.3 Å². The number of carbonyl (C=O) groups excluding carboxylic acids is 2. The Balaban J connectivity index is 2.36. The van der Waals surface area contributed by atoms with Crippen LogP contribution in [0.5, 0.6) is 0 Å². The van der Waals surface area contributed by atoms with E-state index in [1.54, 1.807) is 26.1 Å². The van der Waals surface area contributed by atoms with Crippen LogP contribution < -0.4 is 0 Å². The molecule has 2 rings (SSSR count). The highest BCUT2D eigenvalue weighted by Crippen LogP contribution is 2.39. The molecule has 22 heavy (non-hydrogen) atoms. The standard InChI is InChI=1S/C16H18N2O4/c1-3-21-14(19)16(15(20)22-4-2)8-11-7-13(5-6-17)18-10-12(11)9-16/h7,10H,3-5,8-9H2,1-2H3. The fourth-order valence-corrected chi connectivity index (χ4v) is 2.70. The van der Waals surface area contributed by atoms with Crippen LogP contribution in [0.4, 0.5) is 0 Å². The molecule has 0 spiro atoms. The number of carbonyl (C=O) groups is 2. The molecule has 1 heterocycles. The number of pyridine rings is 1. The number of ether oxygens (including phenoxy) is 2. The minimum absolute atomic E-state index is 0.194. The van der Waals surface area contributed by atoms with Crippen molar-refractivity contribution in [3.05, 3.63) is 29.1 Å². The maximum Gasteiger partial charge on any atom is 0.324 e. The summed E-state index contributed by atoms with van der Waals surface area (Å²) >= 11 is 0. The Bertz CT molecular complexity index is 616. The van der Waals surface area contributed by atoms with Crippen molar-refractivity contribution in [3.8, 4) is 6.07 Å². The summed E-state index contributed by atoms with van der Waals surface area (Å²) in [7, 11) is 0. The van der Waals surface area contributed by atoms with Gasteiger partial charge in [0.15, 0.2) is 5.41 Å². The van der Waals surface area contributed by atoms with Gasteiger partial charge in [-0.2, -0.15) is 5.26 Å². The van der Waals surface area contributed by atoms with Gasteiger partial charge in [0.2, 0.25) is 0 Å². The Kier molecular flexibility index (Phi) is 4.76. The molecule has 0 bridgehead atoms. The summed E-state index contributed by atoms with van der Waals surface area (Å²) in [6.07, 6.45) is 2.27. The summed E-state index contributed by atoms with van der Waals surface area (Å²) in [6.45, 7) is 3.80. The van der Waals surface area contributed by atoms with Crippen molar-refractivity contribution in [3.63, 3.8) is 0 Å². The van der Waals surface area contributed by atoms with Gasteiger partial charge in [-0.25, -0.2) is 0 Å². The van der Waals surface area contributed by atoms with Crippen LogP contribution in [0, 0.1) is 16.7 Å². The summed E-state index contributed by atoms with van der Waals surface area (Å²) in [5.41, 5.74) is 0.968. The topological polar surface area (TPSA) is 89.3 Å². The summed E-state index contributed by atoms with van der Waals surface area (Å²) in [5.74, 6) is -1.13. The maximum absolute atomic E-state index is 12.4. The van der Waals surface area contributed by atoms with Gasteiger partial charge in [-0.05, 0) is 37.5 Å². The molecule has 116 valence electrons. The SMILES string of the molecule is CCOC(=O)C1(C(=O)OCC)Cc2cnc(CC#N)cc2C1. The zero-order chi connectivity index (χ0) is 16.2. The molecule has 0 fully saturated rings. The predicted molar refractivity (Wildman–Crippen MR) is 76.7 cm³/mol. The molecule has 0 aromatic carbocycles. The van der Waals surface area contributed by atoms with Gasteiger partial charge in [0.1, 0.15) is 0 Å². The Morgan fingerprint density at radius 2 is 1.82 bits per heavy atom. The van der Waals surface area contributed by atoms with Crippen LogP contribution in [0.25, 0.3) is 0 Å². The van der Waals surface area contributed by atoms with Crippen LogP contribution in [-0.4, -0.2) is 30.1 Å². The van der Waals surface area contributed by atoms with E-state index < -0.39 is 17.4 Å². The summed E-state index contributed by atoms with van der Waals surface area (Å²) < 4.78 is 10.2. The number of hydrogen-bond donors (Lipinski definition) is 0. The van der Waals surface area contributed by atoms with E-state index in [9.17, 15) is 9.59 Å². The average Bonchev–Trinajstić information content (AvgIpc) is 2.88. The lowest BCUT2D eigenvalue weighted by Gasteiger charge is -2.23. The average molecular weight is 302 g/mol. The van der Waals surface area contributed by atoms with Gasteiger partial charge in [0.25, 0.3) is 0 Å². The van der Waals surface area contributed by atoms with Gasteiger partial charge in [-0.1, -0.05) is 0 Å². The highest BCUT2D eigenvalue weighted by Gasteiger charge is 2.53. The van der Waals surface area contributed by atoms with Gasteiger partial charge < -0.3 is 9.47 Å². The molecule has 1 aromatic heterocycles. The maximum atomic E-state index is 12.4. The van der Waals surface area contributed by atoms with Gasteiger partial charge in [0.05, 0.1) is 31.4 Å². The molecule has 0 saturated heterocycles. The largest absolute Gasteiger partial charge is 0.465 e. The fraction of sp³-hybridized carbons (Fsp3) is 0.500. The van der Waals surface area contributed by atoms with E-state index in [1.807, 2.05) is 6.07 Å². The van der Waals surface area contributed by atoms with E-state index in [1.165, 1.54) is 0 Å². The highest BCUT2D eigenvalue weighted by molar-refractivity contribution is 6.01. The summed E-state index contributed by atoms with van der Waals surface area (Å²) in [6, 6.07) is 3.81. The second kappa shape index (κ2) is 6.56. The Hall–Kier alpha value is -2.42. The molecular weight excluding hydrogens is 284 g/mol. The van der Waals surface area contributed by atoms with E-state index in [2.05, 4.69) is 4.98 Å². The third kappa shape index (κ3) is 2.80. The Labute approximate surface area is 129 Å². The Morgan fingerprint density at radius 3 is 2.36 bits per heavy atom.